The molecule has 0 aliphatic rings. The van der Waals surface area contributed by atoms with Gasteiger partial charge in [-0.2, -0.15) is 0 Å². The summed E-state index contributed by atoms with van der Waals surface area (Å²) < 4.78 is 0. The van der Waals surface area contributed by atoms with Gasteiger partial charge in [0.1, 0.15) is 0 Å². The number of rotatable bonds is 7. The molecule has 1 aromatic rings. The van der Waals surface area contributed by atoms with Gasteiger partial charge in [0.25, 0.3) is 0 Å². The van der Waals surface area contributed by atoms with E-state index in [0.29, 0.717) is 6.42 Å². The maximum Gasteiger partial charge on any atom is 0.306 e. The molecular formula is C13H18N2O4. The molecule has 0 radical (unpaired) electrons. The van der Waals surface area contributed by atoms with E-state index in [2.05, 4.69) is 10.3 Å². The molecule has 6 nitrogen and oxygen atoms in total. The van der Waals surface area contributed by atoms with Crippen LogP contribution in [0, 0.1) is 0 Å². The highest BCUT2D eigenvalue weighted by molar-refractivity contribution is 5.76. The number of hydrogen-bond donors (Lipinski definition) is 3. The first-order chi connectivity index (χ1) is 8.89. The molecular weight excluding hydrogens is 248 g/mol. The minimum atomic E-state index is -1.43. The van der Waals surface area contributed by atoms with E-state index in [-0.39, 0.29) is 18.9 Å². The lowest BCUT2D eigenvalue weighted by molar-refractivity contribution is -0.142. The second-order valence-corrected chi connectivity index (χ2v) is 4.70. The SMILES string of the molecule is CC(O)(CNC(=O)CCc1ccncc1)CC(=O)O. The summed E-state index contributed by atoms with van der Waals surface area (Å²) in [6, 6.07) is 3.65. The molecule has 1 atom stereocenters. The van der Waals surface area contributed by atoms with E-state index in [0.717, 1.165) is 5.56 Å². The smallest absolute Gasteiger partial charge is 0.306 e. The lowest BCUT2D eigenvalue weighted by Crippen LogP contribution is -2.42. The van der Waals surface area contributed by atoms with Crippen LogP contribution in [0.15, 0.2) is 24.5 Å². The summed E-state index contributed by atoms with van der Waals surface area (Å²) in [6.45, 7) is 1.30. The lowest BCUT2D eigenvalue weighted by atomic mass is 10.0. The van der Waals surface area contributed by atoms with Crippen LogP contribution >= 0.6 is 0 Å². The minimum absolute atomic E-state index is 0.0749. The summed E-state index contributed by atoms with van der Waals surface area (Å²) in [7, 11) is 0. The largest absolute Gasteiger partial charge is 0.481 e. The summed E-state index contributed by atoms with van der Waals surface area (Å²) in [5, 5.41) is 20.8. The van der Waals surface area contributed by atoms with Gasteiger partial charge >= 0.3 is 5.97 Å². The van der Waals surface area contributed by atoms with Gasteiger partial charge in [-0.05, 0) is 31.0 Å². The van der Waals surface area contributed by atoms with Gasteiger partial charge in [0.2, 0.25) is 5.91 Å². The molecule has 0 aromatic carbocycles. The van der Waals surface area contributed by atoms with Crippen molar-refractivity contribution in [2.24, 2.45) is 0 Å². The first kappa shape index (κ1) is 15.1. The van der Waals surface area contributed by atoms with Gasteiger partial charge in [0.05, 0.1) is 12.0 Å². The van der Waals surface area contributed by atoms with E-state index in [1.807, 2.05) is 12.1 Å². The van der Waals surface area contributed by atoms with Crippen LogP contribution in [-0.2, 0) is 16.0 Å². The van der Waals surface area contributed by atoms with E-state index >= 15 is 0 Å². The zero-order chi connectivity index (χ0) is 14.3. The fraction of sp³-hybridized carbons (Fsp3) is 0.462. The third-order valence-corrected chi connectivity index (χ3v) is 2.59. The van der Waals surface area contributed by atoms with Crippen molar-refractivity contribution < 1.29 is 19.8 Å². The van der Waals surface area contributed by atoms with Crippen LogP contribution < -0.4 is 5.32 Å². The Bertz CT molecular complexity index is 432. The van der Waals surface area contributed by atoms with Crippen LogP contribution in [0.2, 0.25) is 0 Å². The van der Waals surface area contributed by atoms with E-state index in [9.17, 15) is 14.7 Å². The first-order valence-electron chi connectivity index (χ1n) is 5.99. The van der Waals surface area contributed by atoms with Crippen molar-refractivity contribution in [2.75, 3.05) is 6.54 Å². The van der Waals surface area contributed by atoms with E-state index in [4.69, 9.17) is 5.11 Å². The molecule has 104 valence electrons. The molecule has 0 saturated heterocycles. The molecule has 0 saturated carbocycles. The number of carboxylic acids is 1. The third-order valence-electron chi connectivity index (χ3n) is 2.59. The number of nitrogens with zero attached hydrogens (tertiary/aromatic N) is 1. The molecule has 0 fully saturated rings. The Morgan fingerprint density at radius 2 is 2.00 bits per heavy atom. The number of carbonyl (C=O) groups is 2. The molecule has 1 amide bonds. The number of aryl methyl sites for hydroxylation is 1. The van der Waals surface area contributed by atoms with Crippen molar-refractivity contribution in [2.45, 2.75) is 31.8 Å². The van der Waals surface area contributed by atoms with Gasteiger partial charge < -0.3 is 15.5 Å². The third kappa shape index (κ3) is 6.52. The molecule has 3 N–H and O–H groups in total. The highest BCUT2D eigenvalue weighted by Crippen LogP contribution is 2.07. The Kier molecular flexibility index (Phi) is 5.44. The summed E-state index contributed by atoms with van der Waals surface area (Å²) >= 11 is 0. The Hall–Kier alpha value is -1.95. The van der Waals surface area contributed by atoms with Crippen LogP contribution in [0.3, 0.4) is 0 Å². The Morgan fingerprint density at radius 3 is 2.58 bits per heavy atom. The fourth-order valence-corrected chi connectivity index (χ4v) is 1.57. The average Bonchev–Trinajstić information content (AvgIpc) is 2.34. The maximum atomic E-state index is 11.6. The van der Waals surface area contributed by atoms with Crippen molar-refractivity contribution >= 4 is 11.9 Å². The molecule has 0 aliphatic heterocycles. The van der Waals surface area contributed by atoms with Gasteiger partial charge in [-0.25, -0.2) is 0 Å². The van der Waals surface area contributed by atoms with Gasteiger partial charge in [-0.1, -0.05) is 0 Å². The monoisotopic (exact) mass is 266 g/mol. The highest BCUT2D eigenvalue weighted by atomic mass is 16.4. The van der Waals surface area contributed by atoms with E-state index in [1.165, 1.54) is 6.92 Å². The molecule has 1 unspecified atom stereocenters. The molecule has 1 heterocycles. The topological polar surface area (TPSA) is 99.5 Å². The number of hydrogen-bond acceptors (Lipinski definition) is 4. The van der Waals surface area contributed by atoms with E-state index < -0.39 is 18.0 Å². The normalized spacial score (nSPS) is 13.6. The molecule has 0 aliphatic carbocycles. The predicted octanol–water partition coefficient (Wildman–Crippen LogP) is 0.356. The van der Waals surface area contributed by atoms with Crippen molar-refractivity contribution in [1.82, 2.24) is 10.3 Å². The second-order valence-electron chi connectivity index (χ2n) is 4.70. The Labute approximate surface area is 111 Å². The van der Waals surface area contributed by atoms with Crippen LogP contribution in [-0.4, -0.2) is 39.2 Å². The highest BCUT2D eigenvalue weighted by Gasteiger charge is 2.24. The number of nitrogens with one attached hydrogen (secondary N) is 1. The molecule has 19 heavy (non-hydrogen) atoms. The number of amides is 1. The number of carboxylic acid groups (broad SMARTS) is 1. The maximum absolute atomic E-state index is 11.6. The molecule has 6 heteroatoms. The fourth-order valence-electron chi connectivity index (χ4n) is 1.57. The van der Waals surface area contributed by atoms with Crippen molar-refractivity contribution in [3.63, 3.8) is 0 Å². The number of aromatic nitrogens is 1. The van der Waals surface area contributed by atoms with E-state index in [1.54, 1.807) is 12.4 Å². The van der Waals surface area contributed by atoms with Crippen LogP contribution in [0.5, 0.6) is 0 Å². The Balaban J connectivity index is 2.30. The summed E-state index contributed by atoms with van der Waals surface area (Å²) in [5.74, 6) is -1.32. The molecule has 0 bridgehead atoms. The standard InChI is InChI=1S/C13H18N2O4/c1-13(19,8-12(17)18)9-15-11(16)3-2-10-4-6-14-7-5-10/h4-7,19H,2-3,8-9H2,1H3,(H,15,16)(H,17,18). The van der Waals surface area contributed by atoms with Crippen molar-refractivity contribution in [3.05, 3.63) is 30.1 Å². The van der Waals surface area contributed by atoms with Gasteiger partial charge in [0, 0.05) is 25.4 Å². The van der Waals surface area contributed by atoms with Crippen molar-refractivity contribution in [3.8, 4) is 0 Å². The number of aliphatic carboxylic acids is 1. The van der Waals surface area contributed by atoms with Crippen molar-refractivity contribution in [1.29, 1.82) is 0 Å². The van der Waals surface area contributed by atoms with Gasteiger partial charge in [-0.3, -0.25) is 14.6 Å². The first-order valence-corrected chi connectivity index (χ1v) is 5.99. The van der Waals surface area contributed by atoms with Gasteiger partial charge in [-0.15, -0.1) is 0 Å². The quantitative estimate of drug-likeness (QED) is 0.661. The lowest BCUT2D eigenvalue weighted by Gasteiger charge is -2.21. The summed E-state index contributed by atoms with van der Waals surface area (Å²) in [5.41, 5.74) is -0.430. The Morgan fingerprint density at radius 1 is 1.37 bits per heavy atom. The molecule has 1 aromatic heterocycles. The zero-order valence-corrected chi connectivity index (χ0v) is 10.8. The van der Waals surface area contributed by atoms with Gasteiger partial charge in [0.15, 0.2) is 0 Å². The molecule has 0 spiro atoms. The average molecular weight is 266 g/mol. The number of pyridine rings is 1. The zero-order valence-electron chi connectivity index (χ0n) is 10.8. The van der Waals surface area contributed by atoms with Crippen LogP contribution in [0.4, 0.5) is 0 Å². The number of aliphatic hydroxyl groups is 1. The van der Waals surface area contributed by atoms with Crippen LogP contribution in [0.25, 0.3) is 0 Å². The van der Waals surface area contributed by atoms with Crippen LogP contribution in [0.1, 0.15) is 25.3 Å². The predicted molar refractivity (Wildman–Crippen MR) is 68.4 cm³/mol. The second kappa shape index (κ2) is 6.84. The number of carbonyl (C=O) groups excluding carboxylic acids is 1. The minimum Gasteiger partial charge on any atom is -0.481 e. The molecule has 1 rings (SSSR count). The summed E-state index contributed by atoms with van der Waals surface area (Å²) in [6.07, 6.45) is 3.77. The summed E-state index contributed by atoms with van der Waals surface area (Å²) in [4.78, 5) is 25.9.